The highest BCUT2D eigenvalue weighted by atomic mass is 32.1. The van der Waals surface area contributed by atoms with E-state index in [1.165, 1.54) is 36.4 Å². The van der Waals surface area contributed by atoms with Gasteiger partial charge in [0.05, 0.1) is 4.88 Å². The van der Waals surface area contributed by atoms with Crippen LogP contribution in [0.15, 0.2) is 48.5 Å². The predicted molar refractivity (Wildman–Crippen MR) is 94.6 cm³/mol. The summed E-state index contributed by atoms with van der Waals surface area (Å²) in [7, 11) is 0. The van der Waals surface area contributed by atoms with Gasteiger partial charge in [-0.1, -0.05) is 6.07 Å². The molecule has 1 heterocycles. The van der Waals surface area contributed by atoms with Crippen LogP contribution in [0, 0.1) is 5.82 Å². The zero-order valence-corrected chi connectivity index (χ0v) is 14.4. The lowest BCUT2D eigenvalue weighted by Gasteiger charge is -2.09. The van der Waals surface area contributed by atoms with Crippen LogP contribution in [-0.4, -0.2) is 24.5 Å². The van der Waals surface area contributed by atoms with E-state index in [-0.39, 0.29) is 5.56 Å². The number of fused-ring (bicyclic) bond motifs is 1. The van der Waals surface area contributed by atoms with Crippen LogP contribution in [0.1, 0.15) is 20.0 Å². The number of anilines is 1. The lowest BCUT2D eigenvalue weighted by atomic mass is 10.2. The van der Waals surface area contributed by atoms with Crippen molar-refractivity contribution >= 4 is 38.9 Å². The zero-order chi connectivity index (χ0) is 19.6. The molecule has 0 unspecified atom stereocenters. The Kier molecular flexibility index (Phi) is 5.13. The third-order valence-corrected chi connectivity index (χ3v) is 4.69. The van der Waals surface area contributed by atoms with Gasteiger partial charge < -0.3 is 10.6 Å². The normalized spacial score (nSPS) is 11.4. The second-order valence-corrected chi connectivity index (χ2v) is 6.68. The van der Waals surface area contributed by atoms with E-state index in [0.29, 0.717) is 20.7 Å². The van der Waals surface area contributed by atoms with Crippen molar-refractivity contribution in [1.82, 2.24) is 5.32 Å². The lowest BCUT2D eigenvalue weighted by molar-refractivity contribution is -0.123. The topological polar surface area (TPSA) is 58.2 Å². The lowest BCUT2D eigenvalue weighted by Crippen LogP contribution is -2.33. The molecule has 3 aromatic rings. The van der Waals surface area contributed by atoms with Crippen LogP contribution in [0.3, 0.4) is 0 Å². The first-order chi connectivity index (χ1) is 12.7. The Bertz CT molecular complexity index is 997. The van der Waals surface area contributed by atoms with Crippen molar-refractivity contribution in [3.05, 3.63) is 64.8 Å². The number of carbonyl (C=O) groups is 2. The fourth-order valence-electron chi connectivity index (χ4n) is 2.32. The summed E-state index contributed by atoms with van der Waals surface area (Å²) in [5, 5.41) is 4.71. The molecule has 2 amide bonds. The van der Waals surface area contributed by atoms with Crippen molar-refractivity contribution in [2.45, 2.75) is 6.18 Å². The Morgan fingerprint density at radius 2 is 1.70 bits per heavy atom. The number of rotatable bonds is 4. The van der Waals surface area contributed by atoms with Crippen molar-refractivity contribution in [1.29, 1.82) is 0 Å². The highest BCUT2D eigenvalue weighted by Gasteiger charge is 2.27. The molecule has 9 heteroatoms. The summed E-state index contributed by atoms with van der Waals surface area (Å²) in [6.45, 7) is -1.42. The van der Waals surface area contributed by atoms with Crippen LogP contribution in [0.4, 0.5) is 23.2 Å². The highest BCUT2D eigenvalue weighted by Crippen LogP contribution is 2.28. The summed E-state index contributed by atoms with van der Waals surface area (Å²) in [5.74, 6) is -1.74. The molecule has 4 nitrogen and oxygen atoms in total. The van der Waals surface area contributed by atoms with Gasteiger partial charge >= 0.3 is 6.18 Å². The molecule has 0 spiro atoms. The van der Waals surface area contributed by atoms with Crippen molar-refractivity contribution in [3.63, 3.8) is 0 Å². The van der Waals surface area contributed by atoms with E-state index in [4.69, 9.17) is 0 Å². The summed E-state index contributed by atoms with van der Waals surface area (Å²) in [6, 6.07) is 11.4. The van der Waals surface area contributed by atoms with Crippen molar-refractivity contribution in [2.24, 2.45) is 0 Å². The molecule has 2 aromatic carbocycles. The van der Waals surface area contributed by atoms with Crippen LogP contribution in [-0.2, 0) is 0 Å². The van der Waals surface area contributed by atoms with E-state index in [9.17, 15) is 27.2 Å². The quantitative estimate of drug-likeness (QED) is 0.634. The van der Waals surface area contributed by atoms with Gasteiger partial charge in [-0.15, -0.1) is 11.3 Å². The number of halogens is 4. The van der Waals surface area contributed by atoms with Crippen LogP contribution >= 0.6 is 11.3 Å². The van der Waals surface area contributed by atoms with Gasteiger partial charge in [0.1, 0.15) is 12.4 Å². The zero-order valence-electron chi connectivity index (χ0n) is 13.6. The van der Waals surface area contributed by atoms with Crippen LogP contribution in [0.2, 0.25) is 0 Å². The molecule has 140 valence electrons. The number of carbonyl (C=O) groups excluding carboxylic acids is 2. The molecule has 0 aliphatic carbocycles. The summed E-state index contributed by atoms with van der Waals surface area (Å²) >= 11 is 1.13. The minimum Gasteiger partial charge on any atom is -0.343 e. The maximum atomic E-state index is 13.7. The van der Waals surface area contributed by atoms with Gasteiger partial charge in [-0.05, 0) is 42.5 Å². The first-order valence-electron chi connectivity index (χ1n) is 7.67. The van der Waals surface area contributed by atoms with Gasteiger partial charge in [-0.25, -0.2) is 4.39 Å². The summed E-state index contributed by atoms with van der Waals surface area (Å²) < 4.78 is 50.7. The Morgan fingerprint density at radius 1 is 1.00 bits per heavy atom. The molecule has 0 atom stereocenters. The van der Waals surface area contributed by atoms with E-state index in [0.717, 1.165) is 11.3 Å². The summed E-state index contributed by atoms with van der Waals surface area (Å²) in [4.78, 5) is 24.3. The van der Waals surface area contributed by atoms with Crippen molar-refractivity contribution < 1.29 is 27.2 Å². The first-order valence-corrected chi connectivity index (χ1v) is 8.49. The van der Waals surface area contributed by atoms with Crippen LogP contribution in [0.25, 0.3) is 10.1 Å². The molecule has 2 N–H and O–H groups in total. The maximum Gasteiger partial charge on any atom is 0.405 e. The molecular formula is C18H12F4N2O2S. The number of hydrogen-bond acceptors (Lipinski definition) is 3. The number of hydrogen-bond donors (Lipinski definition) is 2. The van der Waals surface area contributed by atoms with Gasteiger partial charge in [-0.3, -0.25) is 9.59 Å². The third-order valence-electron chi connectivity index (χ3n) is 3.59. The van der Waals surface area contributed by atoms with E-state index in [2.05, 4.69) is 5.32 Å². The molecule has 0 aliphatic heterocycles. The second-order valence-electron chi connectivity index (χ2n) is 5.59. The average molecular weight is 396 g/mol. The molecular weight excluding hydrogens is 384 g/mol. The summed E-state index contributed by atoms with van der Waals surface area (Å²) in [5.41, 5.74) is 0.381. The summed E-state index contributed by atoms with van der Waals surface area (Å²) in [6.07, 6.45) is -4.49. The second kappa shape index (κ2) is 7.36. The fraction of sp³-hybridized carbons (Fsp3) is 0.111. The molecule has 0 fully saturated rings. The largest absolute Gasteiger partial charge is 0.405 e. The Hall–Kier alpha value is -2.94. The van der Waals surface area contributed by atoms with Gasteiger partial charge in [0, 0.05) is 21.3 Å². The minimum atomic E-state index is -4.49. The SMILES string of the molecule is O=C(NCC(F)(F)F)c1ccc(NC(=O)c2cc3c(F)cccc3s2)cc1. The Labute approximate surface area is 154 Å². The number of alkyl halides is 3. The van der Waals surface area contributed by atoms with E-state index < -0.39 is 30.4 Å². The monoisotopic (exact) mass is 396 g/mol. The first kappa shape index (κ1) is 18.8. The Morgan fingerprint density at radius 3 is 2.33 bits per heavy atom. The molecule has 0 saturated carbocycles. The maximum absolute atomic E-state index is 13.7. The predicted octanol–water partition coefficient (Wildman–Crippen LogP) is 4.58. The van der Waals surface area contributed by atoms with Crippen molar-refractivity contribution in [2.75, 3.05) is 11.9 Å². The van der Waals surface area contributed by atoms with Gasteiger partial charge in [0.15, 0.2) is 0 Å². The number of thiophene rings is 1. The standard InChI is InChI=1S/C18H12F4N2O2S/c19-13-2-1-3-14-12(13)8-15(27-14)17(26)24-11-6-4-10(5-7-11)16(25)23-9-18(20,21)22/h1-8H,9H2,(H,23,25)(H,24,26). The van der Waals surface area contributed by atoms with E-state index in [1.54, 1.807) is 17.4 Å². The molecule has 0 radical (unpaired) electrons. The number of amides is 2. The molecule has 27 heavy (non-hydrogen) atoms. The molecule has 0 saturated heterocycles. The third kappa shape index (κ3) is 4.62. The number of nitrogens with one attached hydrogen (secondary N) is 2. The fourth-order valence-corrected chi connectivity index (χ4v) is 3.29. The van der Waals surface area contributed by atoms with E-state index in [1.807, 2.05) is 0 Å². The molecule has 0 aliphatic rings. The number of benzene rings is 2. The molecule has 3 rings (SSSR count). The van der Waals surface area contributed by atoms with Gasteiger partial charge in [0.2, 0.25) is 0 Å². The van der Waals surface area contributed by atoms with Crippen LogP contribution in [0.5, 0.6) is 0 Å². The average Bonchev–Trinajstić information content (AvgIpc) is 3.05. The van der Waals surface area contributed by atoms with Crippen LogP contribution < -0.4 is 10.6 Å². The molecule has 1 aromatic heterocycles. The van der Waals surface area contributed by atoms with Gasteiger partial charge in [0.25, 0.3) is 11.8 Å². The minimum absolute atomic E-state index is 0.0289. The van der Waals surface area contributed by atoms with Crippen molar-refractivity contribution in [3.8, 4) is 0 Å². The highest BCUT2D eigenvalue weighted by molar-refractivity contribution is 7.20. The Balaban J connectivity index is 1.67. The van der Waals surface area contributed by atoms with Gasteiger partial charge in [-0.2, -0.15) is 13.2 Å². The van der Waals surface area contributed by atoms with E-state index >= 15 is 0 Å². The molecule has 0 bridgehead atoms. The smallest absolute Gasteiger partial charge is 0.343 e.